The number of halogens is 2. The predicted octanol–water partition coefficient (Wildman–Crippen LogP) is 5.45. The van der Waals surface area contributed by atoms with Crippen molar-refractivity contribution in [1.82, 2.24) is 0 Å². The van der Waals surface area contributed by atoms with Crippen molar-refractivity contribution in [3.63, 3.8) is 0 Å². The van der Waals surface area contributed by atoms with Crippen molar-refractivity contribution in [2.45, 2.75) is 5.60 Å². The van der Waals surface area contributed by atoms with Gasteiger partial charge in [-0.3, -0.25) is 0 Å². The molecule has 1 atom stereocenters. The van der Waals surface area contributed by atoms with E-state index in [1.807, 2.05) is 54.6 Å². The molecule has 0 aromatic heterocycles. The lowest BCUT2D eigenvalue weighted by molar-refractivity contribution is 0.0278. The standard InChI is InChI=1S/C22H12FIO2/c23-14-10-11-18-16(12-14)21(25)26-22(18)17-9-5-4-8-15(17)19(20(22)24)13-6-2-1-3-7-13/h1-12H. The molecule has 1 aliphatic heterocycles. The van der Waals surface area contributed by atoms with Gasteiger partial charge in [-0.15, -0.1) is 0 Å². The van der Waals surface area contributed by atoms with Gasteiger partial charge in [0.15, 0.2) is 5.60 Å². The molecule has 1 spiro atoms. The molecule has 126 valence electrons. The Morgan fingerprint density at radius 1 is 0.846 bits per heavy atom. The van der Waals surface area contributed by atoms with Crippen molar-refractivity contribution >= 4 is 34.1 Å². The second-order valence-corrected chi connectivity index (χ2v) is 7.44. The normalized spacial score (nSPS) is 20.3. The Bertz CT molecular complexity index is 1100. The number of esters is 1. The molecule has 4 heteroatoms. The highest BCUT2D eigenvalue weighted by atomic mass is 127. The lowest BCUT2D eigenvalue weighted by Gasteiger charge is -2.26. The summed E-state index contributed by atoms with van der Waals surface area (Å²) in [4.78, 5) is 12.6. The monoisotopic (exact) mass is 454 g/mol. The second-order valence-electron chi connectivity index (χ2n) is 6.36. The van der Waals surface area contributed by atoms with Crippen LogP contribution in [0.4, 0.5) is 4.39 Å². The Morgan fingerprint density at radius 2 is 1.54 bits per heavy atom. The third kappa shape index (κ3) is 1.93. The minimum absolute atomic E-state index is 0.295. The van der Waals surface area contributed by atoms with Crippen LogP contribution in [-0.2, 0) is 10.3 Å². The fourth-order valence-corrected chi connectivity index (χ4v) is 5.21. The van der Waals surface area contributed by atoms with Crippen LogP contribution in [0.5, 0.6) is 0 Å². The topological polar surface area (TPSA) is 26.3 Å². The van der Waals surface area contributed by atoms with E-state index in [0.717, 1.165) is 25.8 Å². The van der Waals surface area contributed by atoms with Gasteiger partial charge in [-0.25, -0.2) is 9.18 Å². The first-order valence-corrected chi connectivity index (χ1v) is 9.30. The number of benzene rings is 3. The SMILES string of the molecule is O=C1OC2(C(I)=C(c3ccccc3)c3ccccc32)c2ccc(F)cc21. The first kappa shape index (κ1) is 15.8. The Hall–Kier alpha value is -2.47. The van der Waals surface area contributed by atoms with E-state index in [1.165, 1.54) is 12.1 Å². The quantitative estimate of drug-likeness (QED) is 0.361. The summed E-state index contributed by atoms with van der Waals surface area (Å²) in [5.74, 6) is -0.927. The summed E-state index contributed by atoms with van der Waals surface area (Å²) < 4.78 is 20.6. The van der Waals surface area contributed by atoms with Crippen LogP contribution in [0.15, 0.2) is 76.4 Å². The van der Waals surface area contributed by atoms with Crippen molar-refractivity contribution in [3.8, 4) is 0 Å². The molecular weight excluding hydrogens is 442 g/mol. The number of hydrogen-bond acceptors (Lipinski definition) is 2. The summed E-state index contributed by atoms with van der Waals surface area (Å²) in [7, 11) is 0. The van der Waals surface area contributed by atoms with E-state index in [-0.39, 0.29) is 0 Å². The van der Waals surface area contributed by atoms with E-state index in [0.29, 0.717) is 11.1 Å². The summed E-state index contributed by atoms with van der Waals surface area (Å²) in [5, 5.41) is 0. The van der Waals surface area contributed by atoms with Crippen LogP contribution in [0.1, 0.15) is 32.6 Å². The Labute approximate surface area is 163 Å². The smallest absolute Gasteiger partial charge is 0.340 e. The molecule has 0 radical (unpaired) electrons. The average molecular weight is 454 g/mol. The van der Waals surface area contributed by atoms with Gasteiger partial charge in [-0.1, -0.05) is 60.7 Å². The van der Waals surface area contributed by atoms with E-state index < -0.39 is 17.4 Å². The van der Waals surface area contributed by atoms with Crippen LogP contribution < -0.4 is 0 Å². The summed E-state index contributed by atoms with van der Waals surface area (Å²) in [6, 6.07) is 22.3. The van der Waals surface area contributed by atoms with Crippen molar-refractivity contribution < 1.29 is 13.9 Å². The van der Waals surface area contributed by atoms with Gasteiger partial charge in [0.2, 0.25) is 0 Å². The van der Waals surface area contributed by atoms with E-state index in [1.54, 1.807) is 6.07 Å². The molecule has 5 rings (SSSR count). The van der Waals surface area contributed by atoms with Gasteiger partial charge in [0.1, 0.15) is 5.82 Å². The van der Waals surface area contributed by atoms with E-state index >= 15 is 0 Å². The molecule has 0 saturated carbocycles. The summed E-state index contributed by atoms with van der Waals surface area (Å²) >= 11 is 2.27. The van der Waals surface area contributed by atoms with Crippen molar-refractivity contribution in [2.24, 2.45) is 0 Å². The molecule has 1 aliphatic carbocycles. The van der Waals surface area contributed by atoms with E-state index in [9.17, 15) is 9.18 Å². The van der Waals surface area contributed by atoms with Crippen LogP contribution >= 0.6 is 22.6 Å². The minimum Gasteiger partial charge on any atom is -0.440 e. The molecule has 0 N–H and O–H groups in total. The minimum atomic E-state index is -0.998. The molecule has 3 aromatic rings. The molecule has 3 aromatic carbocycles. The number of rotatable bonds is 1. The maximum Gasteiger partial charge on any atom is 0.340 e. The maximum absolute atomic E-state index is 13.7. The molecule has 2 nitrogen and oxygen atoms in total. The highest BCUT2D eigenvalue weighted by molar-refractivity contribution is 14.1. The third-order valence-corrected chi connectivity index (χ3v) is 6.29. The Morgan fingerprint density at radius 3 is 2.35 bits per heavy atom. The zero-order valence-corrected chi connectivity index (χ0v) is 15.7. The van der Waals surface area contributed by atoms with Crippen LogP contribution in [0.3, 0.4) is 0 Å². The molecule has 1 unspecified atom stereocenters. The first-order chi connectivity index (χ1) is 12.6. The predicted molar refractivity (Wildman–Crippen MR) is 106 cm³/mol. The lowest BCUT2D eigenvalue weighted by Crippen LogP contribution is -2.26. The highest BCUT2D eigenvalue weighted by Crippen LogP contribution is 2.58. The van der Waals surface area contributed by atoms with Gasteiger partial charge >= 0.3 is 5.97 Å². The molecule has 0 saturated heterocycles. The number of carbonyl (C=O) groups is 1. The van der Waals surface area contributed by atoms with Gasteiger partial charge in [0.05, 0.1) is 9.14 Å². The third-order valence-electron chi connectivity index (χ3n) is 4.99. The number of carbonyl (C=O) groups excluding carboxylic acids is 1. The fraction of sp³-hybridized carbons (Fsp3) is 0.0455. The second kappa shape index (κ2) is 5.51. The van der Waals surface area contributed by atoms with Crippen LogP contribution in [0, 0.1) is 5.82 Å². The molecule has 2 aliphatic rings. The summed E-state index contributed by atoms with van der Waals surface area (Å²) in [6.07, 6.45) is 0. The number of ether oxygens (including phenoxy) is 1. The highest BCUT2D eigenvalue weighted by Gasteiger charge is 2.54. The van der Waals surface area contributed by atoms with Gasteiger partial charge < -0.3 is 4.74 Å². The molecule has 0 bridgehead atoms. The molecule has 1 heterocycles. The van der Waals surface area contributed by atoms with Gasteiger partial charge in [0.25, 0.3) is 0 Å². The van der Waals surface area contributed by atoms with Crippen LogP contribution in [0.25, 0.3) is 5.57 Å². The van der Waals surface area contributed by atoms with Gasteiger partial charge in [-0.05, 0) is 45.9 Å². The first-order valence-electron chi connectivity index (χ1n) is 8.22. The van der Waals surface area contributed by atoms with E-state index in [2.05, 4.69) is 22.6 Å². The van der Waals surface area contributed by atoms with Gasteiger partial charge in [-0.2, -0.15) is 0 Å². The van der Waals surface area contributed by atoms with Crippen LogP contribution in [0.2, 0.25) is 0 Å². The average Bonchev–Trinajstić information content (AvgIpc) is 3.09. The van der Waals surface area contributed by atoms with Gasteiger partial charge in [0, 0.05) is 16.7 Å². The van der Waals surface area contributed by atoms with Crippen LogP contribution in [-0.4, -0.2) is 5.97 Å². The van der Waals surface area contributed by atoms with Crippen molar-refractivity contribution in [3.05, 3.63) is 110 Å². The fourth-order valence-electron chi connectivity index (χ4n) is 3.91. The zero-order valence-electron chi connectivity index (χ0n) is 13.5. The lowest BCUT2D eigenvalue weighted by atomic mass is 9.87. The maximum atomic E-state index is 13.7. The summed E-state index contributed by atoms with van der Waals surface area (Å²) in [5.41, 5.74) is 4.06. The summed E-state index contributed by atoms with van der Waals surface area (Å²) in [6.45, 7) is 0. The van der Waals surface area contributed by atoms with Crippen molar-refractivity contribution in [2.75, 3.05) is 0 Å². The largest absolute Gasteiger partial charge is 0.440 e. The molecule has 0 fully saturated rings. The number of fused-ring (bicyclic) bond motifs is 4. The molecule has 0 amide bonds. The number of hydrogen-bond donors (Lipinski definition) is 0. The van der Waals surface area contributed by atoms with E-state index in [4.69, 9.17) is 4.74 Å². The molecular formula is C22H12FIO2. The Balaban J connectivity index is 1.87. The molecule has 26 heavy (non-hydrogen) atoms. The Kier molecular flexibility index (Phi) is 3.34. The van der Waals surface area contributed by atoms with Crippen molar-refractivity contribution in [1.29, 1.82) is 0 Å². The zero-order chi connectivity index (χ0) is 17.9.